The van der Waals surface area contributed by atoms with Gasteiger partial charge in [0.2, 0.25) is 17.7 Å². The summed E-state index contributed by atoms with van der Waals surface area (Å²) in [6.45, 7) is 1.70. The number of nitrogens with one attached hydrogen (secondary N) is 2. The number of aryl methyl sites for hydroxylation is 1. The zero-order valence-electron chi connectivity index (χ0n) is 24.3. The number of anilines is 2. The van der Waals surface area contributed by atoms with Gasteiger partial charge in [-0.1, -0.05) is 30.5 Å². The highest BCUT2D eigenvalue weighted by Gasteiger charge is 2.35. The van der Waals surface area contributed by atoms with Gasteiger partial charge in [0, 0.05) is 30.3 Å². The number of carbonyl (C=O) groups excluding carboxylic acids is 3. The van der Waals surface area contributed by atoms with E-state index in [1.54, 1.807) is 31.2 Å². The number of benzene rings is 2. The molecular formula is C30H36N4O8S. The van der Waals surface area contributed by atoms with Gasteiger partial charge in [-0.05, 0) is 37.5 Å². The Kier molecular flexibility index (Phi) is 10.8. The van der Waals surface area contributed by atoms with E-state index < -0.39 is 23.6 Å². The maximum atomic E-state index is 14.0. The molecule has 1 aromatic heterocycles. The number of phenolic OH excluding ortho intramolecular Hbond substituents is 2. The fourth-order valence-corrected chi connectivity index (χ4v) is 5.60. The Bertz CT molecular complexity index is 1420. The van der Waals surface area contributed by atoms with E-state index in [1.807, 2.05) is 0 Å². The summed E-state index contributed by atoms with van der Waals surface area (Å²) in [5.74, 6) is -0.740. The molecule has 1 aliphatic carbocycles. The van der Waals surface area contributed by atoms with E-state index in [9.17, 15) is 24.6 Å². The molecule has 230 valence electrons. The standard InChI is InChI=1S/C30H36N4O8S/c1-18-11-26(33-42-18)32-27(37)16-43-17-28(38)34(21-13-22(40-2)15-23(14-21)41-3)29(19-9-10-24(35)25(36)12-19)30(39)31-20-7-5-4-6-8-20/h9-15,20,29,35-36H,4-8,16-17H2,1-3H3,(H,31,39)(H,32,33,37)/t29-/m0/s1. The van der Waals surface area contributed by atoms with Crippen LogP contribution in [-0.2, 0) is 14.4 Å². The third-order valence-corrected chi connectivity index (χ3v) is 7.93. The number of hydrogen-bond donors (Lipinski definition) is 4. The number of hydrogen-bond acceptors (Lipinski definition) is 10. The molecule has 2 aromatic carbocycles. The Morgan fingerprint density at radius 2 is 1.70 bits per heavy atom. The van der Waals surface area contributed by atoms with Crippen LogP contribution in [0.4, 0.5) is 11.5 Å². The third kappa shape index (κ3) is 8.34. The number of phenols is 2. The fraction of sp³-hybridized carbons (Fsp3) is 0.400. The Morgan fingerprint density at radius 1 is 1.00 bits per heavy atom. The molecule has 0 bridgehead atoms. The molecule has 0 aliphatic heterocycles. The molecule has 3 aromatic rings. The van der Waals surface area contributed by atoms with Gasteiger partial charge in [-0.25, -0.2) is 0 Å². The van der Waals surface area contributed by atoms with Crippen molar-refractivity contribution >= 4 is 41.0 Å². The van der Waals surface area contributed by atoms with E-state index in [1.165, 1.54) is 37.3 Å². The summed E-state index contributed by atoms with van der Waals surface area (Å²) >= 11 is 1.06. The molecule has 12 nitrogen and oxygen atoms in total. The molecule has 1 saturated carbocycles. The zero-order chi connectivity index (χ0) is 30.9. The van der Waals surface area contributed by atoms with Gasteiger partial charge in [-0.2, -0.15) is 0 Å². The highest BCUT2D eigenvalue weighted by Crippen LogP contribution is 2.37. The fourth-order valence-electron chi connectivity index (χ4n) is 4.93. The SMILES string of the molecule is COc1cc(OC)cc(N(C(=O)CSCC(=O)Nc2cc(C)on2)[C@H](C(=O)NC2CCCCC2)c2ccc(O)c(O)c2)c1. The van der Waals surface area contributed by atoms with Crippen LogP contribution in [0, 0.1) is 6.92 Å². The van der Waals surface area contributed by atoms with Gasteiger partial charge in [0.05, 0.1) is 31.4 Å². The predicted molar refractivity (Wildman–Crippen MR) is 162 cm³/mol. The first-order valence-electron chi connectivity index (χ1n) is 13.9. The largest absolute Gasteiger partial charge is 0.504 e. The molecule has 4 rings (SSSR count). The number of thioether (sulfide) groups is 1. The minimum Gasteiger partial charge on any atom is -0.504 e. The lowest BCUT2D eigenvalue weighted by atomic mass is 9.94. The lowest BCUT2D eigenvalue weighted by Gasteiger charge is -2.34. The molecule has 1 atom stereocenters. The molecule has 0 spiro atoms. The predicted octanol–water partition coefficient (Wildman–Crippen LogP) is 4.31. The number of nitrogens with zero attached hydrogens (tertiary/aromatic N) is 2. The topological polar surface area (TPSA) is 163 Å². The summed E-state index contributed by atoms with van der Waals surface area (Å²) in [5, 5.41) is 29.8. The van der Waals surface area contributed by atoms with E-state index in [2.05, 4.69) is 15.8 Å². The lowest BCUT2D eigenvalue weighted by molar-refractivity contribution is -0.126. The van der Waals surface area contributed by atoms with Crippen molar-refractivity contribution in [2.24, 2.45) is 0 Å². The van der Waals surface area contributed by atoms with E-state index in [4.69, 9.17) is 14.0 Å². The van der Waals surface area contributed by atoms with Crippen LogP contribution < -0.4 is 25.0 Å². The van der Waals surface area contributed by atoms with Crippen molar-refractivity contribution < 1.29 is 38.6 Å². The van der Waals surface area contributed by atoms with Crippen LogP contribution in [0.3, 0.4) is 0 Å². The van der Waals surface area contributed by atoms with Crippen molar-refractivity contribution in [1.82, 2.24) is 10.5 Å². The van der Waals surface area contributed by atoms with Crippen molar-refractivity contribution in [2.75, 3.05) is 35.9 Å². The molecule has 13 heteroatoms. The molecular weight excluding hydrogens is 576 g/mol. The van der Waals surface area contributed by atoms with Crippen LogP contribution in [-0.4, -0.2) is 64.9 Å². The van der Waals surface area contributed by atoms with Crippen molar-refractivity contribution in [3.8, 4) is 23.0 Å². The van der Waals surface area contributed by atoms with Crippen molar-refractivity contribution in [3.63, 3.8) is 0 Å². The zero-order valence-corrected chi connectivity index (χ0v) is 25.1. The van der Waals surface area contributed by atoms with Gasteiger partial charge in [-0.3, -0.25) is 19.3 Å². The summed E-state index contributed by atoms with van der Waals surface area (Å²) in [5.41, 5.74) is 0.587. The average Bonchev–Trinajstić information content (AvgIpc) is 3.41. The minimum atomic E-state index is -1.23. The Hall–Kier alpha value is -4.39. The highest BCUT2D eigenvalue weighted by atomic mass is 32.2. The second-order valence-corrected chi connectivity index (χ2v) is 11.2. The first-order valence-corrected chi connectivity index (χ1v) is 15.0. The van der Waals surface area contributed by atoms with Crippen LogP contribution in [0.25, 0.3) is 0 Å². The number of aromatic hydroxyl groups is 2. The number of amides is 3. The van der Waals surface area contributed by atoms with Gasteiger partial charge in [0.1, 0.15) is 23.3 Å². The normalized spacial score (nSPS) is 14.0. The van der Waals surface area contributed by atoms with Gasteiger partial charge >= 0.3 is 0 Å². The maximum absolute atomic E-state index is 14.0. The number of methoxy groups -OCH3 is 2. The Balaban J connectivity index is 1.67. The maximum Gasteiger partial charge on any atom is 0.248 e. The number of rotatable bonds is 12. The molecule has 3 amide bonds. The van der Waals surface area contributed by atoms with Crippen molar-refractivity contribution in [3.05, 3.63) is 53.8 Å². The first kappa shape index (κ1) is 31.5. The molecule has 1 fully saturated rings. The van der Waals surface area contributed by atoms with Gasteiger partial charge in [0.15, 0.2) is 17.3 Å². The van der Waals surface area contributed by atoms with Crippen LogP contribution in [0.2, 0.25) is 0 Å². The molecule has 1 aliphatic rings. The molecule has 43 heavy (non-hydrogen) atoms. The van der Waals surface area contributed by atoms with Crippen molar-refractivity contribution in [1.29, 1.82) is 0 Å². The third-order valence-electron chi connectivity index (χ3n) is 7.01. The second kappa shape index (κ2) is 14.7. The van der Waals surface area contributed by atoms with Crippen LogP contribution >= 0.6 is 11.8 Å². The van der Waals surface area contributed by atoms with Crippen molar-refractivity contribution in [2.45, 2.75) is 51.1 Å². The summed E-state index contributed by atoms with van der Waals surface area (Å²) in [7, 11) is 2.95. The minimum absolute atomic E-state index is 0.0636. The summed E-state index contributed by atoms with van der Waals surface area (Å²) in [6, 6.07) is 9.14. The second-order valence-electron chi connectivity index (χ2n) is 10.2. The van der Waals surface area contributed by atoms with Gasteiger partial charge in [0.25, 0.3) is 0 Å². The quantitative estimate of drug-likeness (QED) is 0.217. The lowest BCUT2D eigenvalue weighted by Crippen LogP contribution is -2.48. The molecule has 0 saturated heterocycles. The molecule has 1 heterocycles. The smallest absolute Gasteiger partial charge is 0.248 e. The van der Waals surface area contributed by atoms with E-state index in [0.29, 0.717) is 22.9 Å². The van der Waals surface area contributed by atoms with E-state index in [-0.39, 0.29) is 40.6 Å². The Morgan fingerprint density at radius 3 is 2.30 bits per heavy atom. The highest BCUT2D eigenvalue weighted by molar-refractivity contribution is 8.00. The monoisotopic (exact) mass is 612 g/mol. The van der Waals surface area contributed by atoms with Gasteiger partial charge in [-0.15, -0.1) is 11.8 Å². The Labute approximate surface area is 253 Å². The number of aromatic nitrogens is 1. The average molecular weight is 613 g/mol. The van der Waals surface area contributed by atoms with Crippen LogP contribution in [0.1, 0.15) is 49.5 Å². The number of ether oxygens (including phenoxy) is 2. The first-order chi connectivity index (χ1) is 20.7. The summed E-state index contributed by atoms with van der Waals surface area (Å²) in [4.78, 5) is 41.8. The molecule has 0 radical (unpaired) electrons. The van der Waals surface area contributed by atoms with E-state index >= 15 is 0 Å². The number of carbonyl (C=O) groups is 3. The molecule has 4 N–H and O–H groups in total. The van der Waals surface area contributed by atoms with Crippen LogP contribution in [0.5, 0.6) is 23.0 Å². The van der Waals surface area contributed by atoms with E-state index in [0.717, 1.165) is 43.9 Å². The van der Waals surface area contributed by atoms with Gasteiger partial charge < -0.3 is 34.8 Å². The molecule has 0 unspecified atom stereocenters. The summed E-state index contributed by atoms with van der Waals surface area (Å²) in [6.07, 6.45) is 4.69. The summed E-state index contributed by atoms with van der Waals surface area (Å²) < 4.78 is 15.8. The van der Waals surface area contributed by atoms with Crippen LogP contribution in [0.15, 0.2) is 47.0 Å².